The summed E-state index contributed by atoms with van der Waals surface area (Å²) in [5.74, 6) is 1.95. The molecule has 0 saturated heterocycles. The van der Waals surface area contributed by atoms with E-state index in [1.165, 1.54) is 5.56 Å². The molecule has 104 valence electrons. The van der Waals surface area contributed by atoms with E-state index in [-0.39, 0.29) is 0 Å². The molecule has 0 aliphatic carbocycles. The van der Waals surface area contributed by atoms with Crippen LogP contribution in [0.4, 0.5) is 5.82 Å². The summed E-state index contributed by atoms with van der Waals surface area (Å²) in [6, 6.07) is 12.2. The Bertz CT molecular complexity index is 612. The largest absolute Gasteiger partial charge is 0.491 e. The third-order valence-corrected chi connectivity index (χ3v) is 3.57. The Balaban J connectivity index is 1.97. The van der Waals surface area contributed by atoms with E-state index < -0.39 is 0 Å². The van der Waals surface area contributed by atoms with E-state index in [0.29, 0.717) is 13.2 Å². The first-order valence-corrected chi connectivity index (χ1v) is 6.90. The first-order chi connectivity index (χ1) is 9.78. The molecule has 2 heterocycles. The van der Waals surface area contributed by atoms with Crippen LogP contribution in [-0.4, -0.2) is 18.1 Å². The van der Waals surface area contributed by atoms with Gasteiger partial charge in [-0.3, -0.25) is 0 Å². The van der Waals surface area contributed by atoms with Crippen molar-refractivity contribution in [3.63, 3.8) is 0 Å². The number of hydrogen-bond donors (Lipinski definition) is 1. The maximum atomic E-state index is 5.84. The van der Waals surface area contributed by atoms with Gasteiger partial charge in [-0.05, 0) is 19.1 Å². The highest BCUT2D eigenvalue weighted by Crippen LogP contribution is 2.27. The lowest BCUT2D eigenvalue weighted by Gasteiger charge is -2.23. The number of rotatable bonds is 2. The van der Waals surface area contributed by atoms with Crippen LogP contribution in [0.5, 0.6) is 5.75 Å². The Hall–Kier alpha value is -2.07. The van der Waals surface area contributed by atoms with Gasteiger partial charge < -0.3 is 15.4 Å². The summed E-state index contributed by atoms with van der Waals surface area (Å²) in [6.07, 6.45) is 0. The molecule has 1 aromatic heterocycles. The van der Waals surface area contributed by atoms with Crippen LogP contribution in [0, 0.1) is 6.92 Å². The third kappa shape index (κ3) is 2.47. The second-order valence-electron chi connectivity index (χ2n) is 5.02. The fraction of sp³-hybridized carbons (Fsp3) is 0.312. The Labute approximate surface area is 119 Å². The molecule has 2 aromatic rings. The van der Waals surface area contributed by atoms with Gasteiger partial charge in [-0.1, -0.05) is 24.3 Å². The van der Waals surface area contributed by atoms with Gasteiger partial charge in [0.2, 0.25) is 0 Å². The zero-order chi connectivity index (χ0) is 13.9. The maximum Gasteiger partial charge on any atom is 0.133 e. The fourth-order valence-corrected chi connectivity index (χ4v) is 2.51. The van der Waals surface area contributed by atoms with Gasteiger partial charge >= 0.3 is 0 Å². The third-order valence-electron chi connectivity index (χ3n) is 3.57. The zero-order valence-corrected chi connectivity index (χ0v) is 11.7. The van der Waals surface area contributed by atoms with Crippen molar-refractivity contribution in [2.45, 2.75) is 20.0 Å². The van der Waals surface area contributed by atoms with Crippen LogP contribution in [0.25, 0.3) is 0 Å². The van der Waals surface area contributed by atoms with Gasteiger partial charge in [-0.25, -0.2) is 4.98 Å². The van der Waals surface area contributed by atoms with Crippen molar-refractivity contribution in [3.8, 4) is 5.75 Å². The minimum atomic E-state index is 0.502. The summed E-state index contributed by atoms with van der Waals surface area (Å²) in [7, 11) is 0. The zero-order valence-electron chi connectivity index (χ0n) is 11.7. The Morgan fingerprint density at radius 2 is 2.10 bits per heavy atom. The number of pyridine rings is 1. The first kappa shape index (κ1) is 12.9. The minimum absolute atomic E-state index is 0.502. The second kappa shape index (κ2) is 5.51. The van der Waals surface area contributed by atoms with Crippen molar-refractivity contribution in [2.24, 2.45) is 5.73 Å². The van der Waals surface area contributed by atoms with Crippen LogP contribution in [0.3, 0.4) is 0 Å². The predicted octanol–water partition coefficient (Wildman–Crippen LogP) is 2.25. The van der Waals surface area contributed by atoms with Crippen LogP contribution in [-0.2, 0) is 13.1 Å². The second-order valence-corrected chi connectivity index (χ2v) is 5.02. The van der Waals surface area contributed by atoms with Crippen molar-refractivity contribution in [1.29, 1.82) is 0 Å². The van der Waals surface area contributed by atoms with Gasteiger partial charge in [-0.15, -0.1) is 0 Å². The smallest absolute Gasteiger partial charge is 0.133 e. The van der Waals surface area contributed by atoms with Gasteiger partial charge in [0.25, 0.3) is 0 Å². The highest BCUT2D eigenvalue weighted by Gasteiger charge is 2.18. The number of nitrogens with zero attached hydrogens (tertiary/aromatic N) is 2. The van der Waals surface area contributed by atoms with Crippen molar-refractivity contribution >= 4 is 5.82 Å². The van der Waals surface area contributed by atoms with E-state index >= 15 is 0 Å². The lowest BCUT2D eigenvalue weighted by atomic mass is 10.1. The molecule has 3 rings (SSSR count). The highest BCUT2D eigenvalue weighted by molar-refractivity contribution is 5.50. The van der Waals surface area contributed by atoms with Gasteiger partial charge in [0.1, 0.15) is 18.2 Å². The summed E-state index contributed by atoms with van der Waals surface area (Å²) in [5.41, 5.74) is 9.12. The molecule has 1 aliphatic rings. The highest BCUT2D eigenvalue weighted by atomic mass is 16.5. The van der Waals surface area contributed by atoms with Crippen molar-refractivity contribution in [1.82, 2.24) is 4.98 Å². The van der Waals surface area contributed by atoms with Crippen molar-refractivity contribution < 1.29 is 4.74 Å². The molecule has 1 aliphatic heterocycles. The summed E-state index contributed by atoms with van der Waals surface area (Å²) >= 11 is 0. The Morgan fingerprint density at radius 3 is 2.95 bits per heavy atom. The molecule has 0 saturated carbocycles. The van der Waals surface area contributed by atoms with E-state index in [1.807, 2.05) is 31.2 Å². The van der Waals surface area contributed by atoms with Crippen molar-refractivity contribution in [2.75, 3.05) is 18.1 Å². The van der Waals surface area contributed by atoms with E-state index in [4.69, 9.17) is 10.5 Å². The molecule has 2 N–H and O–H groups in total. The summed E-state index contributed by atoms with van der Waals surface area (Å²) in [5, 5.41) is 0. The van der Waals surface area contributed by atoms with Crippen LogP contribution in [0.1, 0.15) is 16.8 Å². The molecule has 0 fully saturated rings. The number of hydrogen-bond acceptors (Lipinski definition) is 4. The number of benzene rings is 1. The molecule has 4 nitrogen and oxygen atoms in total. The average molecular weight is 269 g/mol. The van der Waals surface area contributed by atoms with Gasteiger partial charge in [0.05, 0.1) is 6.54 Å². The maximum absolute atomic E-state index is 5.84. The van der Waals surface area contributed by atoms with E-state index in [1.54, 1.807) is 0 Å². The number of fused-ring (bicyclic) bond motifs is 1. The summed E-state index contributed by atoms with van der Waals surface area (Å²) in [6.45, 7) is 4.79. The van der Waals surface area contributed by atoms with Gasteiger partial charge in [0.15, 0.2) is 0 Å². The predicted molar refractivity (Wildman–Crippen MR) is 79.9 cm³/mol. The molecule has 4 heteroatoms. The normalized spacial score (nSPS) is 14.4. The number of aromatic nitrogens is 1. The molecule has 0 bridgehead atoms. The van der Waals surface area contributed by atoms with Crippen molar-refractivity contribution in [3.05, 3.63) is 53.2 Å². The average Bonchev–Trinajstić information content (AvgIpc) is 2.69. The van der Waals surface area contributed by atoms with E-state index in [2.05, 4.69) is 22.0 Å². The monoisotopic (exact) mass is 269 g/mol. The number of nitrogens with two attached hydrogens (primary N) is 1. The first-order valence-electron chi connectivity index (χ1n) is 6.90. The van der Waals surface area contributed by atoms with Gasteiger partial charge in [0, 0.05) is 29.9 Å². The summed E-state index contributed by atoms with van der Waals surface area (Å²) in [4.78, 5) is 6.92. The van der Waals surface area contributed by atoms with E-state index in [9.17, 15) is 0 Å². The Morgan fingerprint density at radius 1 is 1.25 bits per heavy atom. The van der Waals surface area contributed by atoms with Crippen LogP contribution < -0.4 is 15.4 Å². The lowest BCUT2D eigenvalue weighted by Crippen LogP contribution is -2.28. The van der Waals surface area contributed by atoms with E-state index in [0.717, 1.165) is 35.9 Å². The number of para-hydroxylation sites is 1. The van der Waals surface area contributed by atoms with Crippen LogP contribution >= 0.6 is 0 Å². The molecule has 0 radical (unpaired) electrons. The molecule has 0 amide bonds. The lowest BCUT2D eigenvalue weighted by molar-refractivity contribution is 0.331. The molecule has 20 heavy (non-hydrogen) atoms. The molecule has 0 unspecified atom stereocenters. The SMILES string of the molecule is Cc1ccc(CN)c(N2CCOc3ccccc3C2)n1. The van der Waals surface area contributed by atoms with Crippen LogP contribution in [0.15, 0.2) is 36.4 Å². The van der Waals surface area contributed by atoms with Gasteiger partial charge in [-0.2, -0.15) is 0 Å². The number of anilines is 1. The molecule has 1 aromatic carbocycles. The number of ether oxygens (including phenoxy) is 1. The topological polar surface area (TPSA) is 51.4 Å². The standard InChI is InChI=1S/C16H19N3O/c1-12-6-7-13(10-17)16(18-12)19-8-9-20-15-5-3-2-4-14(15)11-19/h2-7H,8-11,17H2,1H3. The quantitative estimate of drug-likeness (QED) is 0.908. The molecule has 0 atom stereocenters. The molecular weight excluding hydrogens is 250 g/mol. The number of aryl methyl sites for hydroxylation is 1. The molecule has 0 spiro atoms. The minimum Gasteiger partial charge on any atom is -0.491 e. The molecular formula is C16H19N3O. The Kier molecular flexibility index (Phi) is 3.56. The fourth-order valence-electron chi connectivity index (χ4n) is 2.51. The summed E-state index contributed by atoms with van der Waals surface area (Å²) < 4.78 is 5.80. The van der Waals surface area contributed by atoms with Crippen LogP contribution in [0.2, 0.25) is 0 Å².